The molecule has 2 rings (SSSR count). The number of nitrogens with one attached hydrogen (secondary N) is 2. The third-order valence-electron chi connectivity index (χ3n) is 2.65. The molecule has 114 valence electrons. The number of phenols is 1. The van der Waals surface area contributed by atoms with Gasteiger partial charge in [0.2, 0.25) is 0 Å². The van der Waals surface area contributed by atoms with Crippen LogP contribution in [0.3, 0.4) is 0 Å². The lowest BCUT2D eigenvalue weighted by atomic mass is 10.2. The lowest BCUT2D eigenvalue weighted by molar-refractivity contribution is -0.133. The number of anilines is 3. The monoisotopic (exact) mass is 339 g/mol. The summed E-state index contributed by atoms with van der Waals surface area (Å²) >= 11 is 11.7. The highest BCUT2D eigenvalue weighted by Crippen LogP contribution is 2.27. The molecule has 0 heterocycles. The van der Waals surface area contributed by atoms with Crippen LogP contribution in [-0.2, 0) is 9.59 Å². The van der Waals surface area contributed by atoms with Crippen molar-refractivity contribution in [3.05, 3.63) is 46.4 Å². The van der Waals surface area contributed by atoms with Gasteiger partial charge in [0.25, 0.3) is 0 Å². The standard InChI is InChI=1S/C14H11Cl2N3O3/c15-7-1-4-12(20)11(5-7)19-14(22)13(21)18-10-3-2-8(17)6-9(10)16/h1-6,20H,17H2,(H,18,21)(H,19,22). The van der Waals surface area contributed by atoms with Crippen LogP contribution in [0.4, 0.5) is 17.1 Å². The number of carbonyl (C=O) groups is 2. The van der Waals surface area contributed by atoms with Gasteiger partial charge in [-0.05, 0) is 36.4 Å². The molecule has 0 aliphatic heterocycles. The number of nitrogen functional groups attached to an aromatic ring is 1. The smallest absolute Gasteiger partial charge is 0.314 e. The Morgan fingerprint density at radius 2 is 1.59 bits per heavy atom. The summed E-state index contributed by atoms with van der Waals surface area (Å²) in [5.41, 5.74) is 6.23. The molecule has 0 radical (unpaired) electrons. The number of hydrogen-bond acceptors (Lipinski definition) is 4. The fraction of sp³-hybridized carbons (Fsp3) is 0. The van der Waals surface area contributed by atoms with E-state index in [1.807, 2.05) is 0 Å². The highest BCUT2D eigenvalue weighted by Gasteiger charge is 2.17. The lowest BCUT2D eigenvalue weighted by Gasteiger charge is -2.09. The average molecular weight is 340 g/mol. The van der Waals surface area contributed by atoms with E-state index in [9.17, 15) is 14.7 Å². The molecule has 2 aromatic carbocycles. The van der Waals surface area contributed by atoms with Crippen molar-refractivity contribution >= 4 is 52.1 Å². The maximum Gasteiger partial charge on any atom is 0.314 e. The van der Waals surface area contributed by atoms with Gasteiger partial charge in [-0.15, -0.1) is 0 Å². The zero-order valence-corrected chi connectivity index (χ0v) is 12.6. The molecule has 5 N–H and O–H groups in total. The van der Waals surface area contributed by atoms with Crippen LogP contribution in [0.5, 0.6) is 5.75 Å². The van der Waals surface area contributed by atoms with Gasteiger partial charge in [0.15, 0.2) is 0 Å². The number of phenolic OH excluding ortho intramolecular Hbond substituents is 1. The Bertz CT molecular complexity index is 750. The normalized spacial score (nSPS) is 10.1. The average Bonchev–Trinajstić information content (AvgIpc) is 2.45. The molecule has 2 amide bonds. The Morgan fingerprint density at radius 3 is 2.23 bits per heavy atom. The van der Waals surface area contributed by atoms with Gasteiger partial charge in [-0.1, -0.05) is 23.2 Å². The zero-order chi connectivity index (χ0) is 16.3. The van der Waals surface area contributed by atoms with E-state index >= 15 is 0 Å². The predicted molar refractivity (Wildman–Crippen MR) is 86.2 cm³/mol. The number of carbonyl (C=O) groups excluding carboxylic acids is 2. The van der Waals surface area contributed by atoms with Gasteiger partial charge >= 0.3 is 11.8 Å². The summed E-state index contributed by atoms with van der Waals surface area (Å²) < 4.78 is 0. The molecule has 8 heteroatoms. The molecule has 0 aliphatic rings. The number of rotatable bonds is 2. The van der Waals surface area contributed by atoms with Gasteiger partial charge in [0.05, 0.1) is 16.4 Å². The number of halogens is 2. The second-order valence-corrected chi connectivity index (χ2v) is 5.15. The van der Waals surface area contributed by atoms with Gasteiger partial charge in [-0.25, -0.2) is 0 Å². The molecule has 2 aromatic rings. The van der Waals surface area contributed by atoms with Crippen LogP contribution in [0.1, 0.15) is 0 Å². The van der Waals surface area contributed by atoms with Crippen molar-refractivity contribution < 1.29 is 14.7 Å². The van der Waals surface area contributed by atoms with E-state index in [0.717, 1.165) is 0 Å². The van der Waals surface area contributed by atoms with Crippen molar-refractivity contribution in [1.82, 2.24) is 0 Å². The van der Waals surface area contributed by atoms with E-state index in [1.165, 1.54) is 36.4 Å². The highest BCUT2D eigenvalue weighted by atomic mass is 35.5. The summed E-state index contributed by atoms with van der Waals surface area (Å²) in [6.45, 7) is 0. The number of nitrogens with two attached hydrogens (primary N) is 1. The first-order valence-corrected chi connectivity index (χ1v) is 6.78. The minimum atomic E-state index is -0.981. The van der Waals surface area contributed by atoms with Crippen molar-refractivity contribution in [1.29, 1.82) is 0 Å². The van der Waals surface area contributed by atoms with Gasteiger partial charge in [0.1, 0.15) is 5.75 Å². The molecule has 0 spiro atoms. The van der Waals surface area contributed by atoms with Crippen LogP contribution in [0, 0.1) is 0 Å². The topological polar surface area (TPSA) is 104 Å². The number of amides is 2. The highest BCUT2D eigenvalue weighted by molar-refractivity contribution is 6.45. The van der Waals surface area contributed by atoms with E-state index in [4.69, 9.17) is 28.9 Å². The van der Waals surface area contributed by atoms with Gasteiger partial charge in [-0.3, -0.25) is 9.59 Å². The van der Waals surface area contributed by atoms with Crippen molar-refractivity contribution in [3.8, 4) is 5.75 Å². The molecule has 0 bridgehead atoms. The van der Waals surface area contributed by atoms with Crippen molar-refractivity contribution in [2.24, 2.45) is 0 Å². The number of hydrogen-bond donors (Lipinski definition) is 4. The van der Waals surface area contributed by atoms with Crippen molar-refractivity contribution in [3.63, 3.8) is 0 Å². The van der Waals surface area contributed by atoms with E-state index < -0.39 is 11.8 Å². The summed E-state index contributed by atoms with van der Waals surface area (Å²) in [6.07, 6.45) is 0. The Balaban J connectivity index is 2.09. The Kier molecular flexibility index (Phi) is 4.75. The molecule has 0 saturated heterocycles. The minimum absolute atomic E-state index is 0.0241. The van der Waals surface area contributed by atoms with Crippen LogP contribution in [0.15, 0.2) is 36.4 Å². The van der Waals surface area contributed by atoms with Crippen molar-refractivity contribution in [2.75, 3.05) is 16.4 Å². The van der Waals surface area contributed by atoms with Gasteiger partial charge < -0.3 is 21.5 Å². The largest absolute Gasteiger partial charge is 0.506 e. The van der Waals surface area contributed by atoms with E-state index in [1.54, 1.807) is 0 Å². The number of aromatic hydroxyl groups is 1. The molecule has 0 fully saturated rings. The Morgan fingerprint density at radius 1 is 0.955 bits per heavy atom. The SMILES string of the molecule is Nc1ccc(NC(=O)C(=O)Nc2cc(Cl)ccc2O)c(Cl)c1. The summed E-state index contributed by atoms with van der Waals surface area (Å²) in [7, 11) is 0. The first-order valence-electron chi connectivity index (χ1n) is 6.02. The fourth-order valence-corrected chi connectivity index (χ4v) is 2.01. The Hall–Kier alpha value is -2.44. The molecular formula is C14H11Cl2N3O3. The third kappa shape index (κ3) is 3.81. The molecular weight excluding hydrogens is 329 g/mol. The molecule has 0 saturated carbocycles. The molecule has 0 aromatic heterocycles. The van der Waals surface area contributed by atoms with Gasteiger partial charge in [0, 0.05) is 10.7 Å². The van der Waals surface area contributed by atoms with E-state index in [2.05, 4.69) is 10.6 Å². The van der Waals surface area contributed by atoms with E-state index in [0.29, 0.717) is 10.7 Å². The molecule has 6 nitrogen and oxygen atoms in total. The summed E-state index contributed by atoms with van der Waals surface area (Å²) in [6, 6.07) is 8.51. The van der Waals surface area contributed by atoms with Gasteiger partial charge in [-0.2, -0.15) is 0 Å². The molecule has 22 heavy (non-hydrogen) atoms. The predicted octanol–water partition coefficient (Wildman–Crippen LogP) is 2.86. The Labute approximate surface area is 135 Å². The lowest BCUT2D eigenvalue weighted by Crippen LogP contribution is -2.29. The van der Waals surface area contributed by atoms with E-state index in [-0.39, 0.29) is 22.1 Å². The summed E-state index contributed by atoms with van der Waals surface area (Å²) in [4.78, 5) is 23.6. The van der Waals surface area contributed by atoms with Crippen LogP contribution >= 0.6 is 23.2 Å². The third-order valence-corrected chi connectivity index (χ3v) is 3.20. The second-order valence-electron chi connectivity index (χ2n) is 4.31. The molecule has 0 aliphatic carbocycles. The molecule has 0 unspecified atom stereocenters. The van der Waals surface area contributed by atoms with Crippen LogP contribution in [0.2, 0.25) is 10.0 Å². The van der Waals surface area contributed by atoms with Crippen LogP contribution in [-0.4, -0.2) is 16.9 Å². The minimum Gasteiger partial charge on any atom is -0.506 e. The van der Waals surface area contributed by atoms with Crippen LogP contribution < -0.4 is 16.4 Å². The molecule has 0 atom stereocenters. The van der Waals surface area contributed by atoms with Crippen molar-refractivity contribution in [2.45, 2.75) is 0 Å². The fourth-order valence-electron chi connectivity index (χ4n) is 1.60. The number of benzene rings is 2. The first-order chi connectivity index (χ1) is 10.4. The van der Waals surface area contributed by atoms with Crippen LogP contribution in [0.25, 0.3) is 0 Å². The second kappa shape index (κ2) is 6.55. The zero-order valence-electron chi connectivity index (χ0n) is 11.1. The maximum absolute atomic E-state index is 11.8. The summed E-state index contributed by atoms with van der Waals surface area (Å²) in [5, 5.41) is 14.7. The quantitative estimate of drug-likeness (QED) is 0.383. The maximum atomic E-state index is 11.8. The summed E-state index contributed by atoms with van der Waals surface area (Å²) in [5.74, 6) is -2.15. The first kappa shape index (κ1) is 15.9.